The first-order valence-corrected chi connectivity index (χ1v) is 8.99. The molecule has 6 heteroatoms. The Balaban J connectivity index is 1.66. The van der Waals surface area contributed by atoms with Crippen molar-refractivity contribution >= 4 is 11.6 Å². The minimum Gasteiger partial charge on any atom is -0.348 e. The van der Waals surface area contributed by atoms with Gasteiger partial charge in [0.1, 0.15) is 5.15 Å². The van der Waals surface area contributed by atoms with Crippen LogP contribution in [0, 0.1) is 6.92 Å². The van der Waals surface area contributed by atoms with Crippen LogP contribution in [0.2, 0.25) is 5.15 Å². The minimum atomic E-state index is 0.244. The van der Waals surface area contributed by atoms with E-state index in [1.54, 1.807) is 4.68 Å². The van der Waals surface area contributed by atoms with Gasteiger partial charge < -0.3 is 4.98 Å². The molecule has 1 N–H and O–H groups in total. The molecule has 3 aromatic rings. The summed E-state index contributed by atoms with van der Waals surface area (Å²) in [7, 11) is 1.89. The Morgan fingerprint density at radius 3 is 2.80 bits per heavy atom. The molecule has 5 nitrogen and oxygen atoms in total. The van der Waals surface area contributed by atoms with Crippen LogP contribution >= 0.6 is 11.6 Å². The van der Waals surface area contributed by atoms with Crippen molar-refractivity contribution < 1.29 is 0 Å². The van der Waals surface area contributed by atoms with Crippen LogP contribution in [0.5, 0.6) is 0 Å². The Kier molecular flexibility index (Phi) is 4.36. The highest BCUT2D eigenvalue weighted by Gasteiger charge is 2.31. The lowest BCUT2D eigenvalue weighted by Gasteiger charge is -2.35. The number of hydrogen-bond acceptors (Lipinski definition) is 3. The van der Waals surface area contributed by atoms with Crippen molar-refractivity contribution in [2.45, 2.75) is 32.4 Å². The zero-order valence-corrected chi connectivity index (χ0v) is 15.3. The van der Waals surface area contributed by atoms with E-state index in [-0.39, 0.29) is 6.04 Å². The average Bonchev–Trinajstić information content (AvgIpc) is 3.18. The SMILES string of the molecule is Cc1nn(C)c(Cl)c1CN1CCc2[nH]cnc2C1Cc1ccccc1. The summed E-state index contributed by atoms with van der Waals surface area (Å²) in [5, 5.41) is 5.18. The van der Waals surface area contributed by atoms with Crippen molar-refractivity contribution in [3.8, 4) is 0 Å². The van der Waals surface area contributed by atoms with Crippen molar-refractivity contribution in [3.05, 3.63) is 70.0 Å². The zero-order chi connectivity index (χ0) is 17.4. The van der Waals surface area contributed by atoms with Gasteiger partial charge in [-0.15, -0.1) is 0 Å². The topological polar surface area (TPSA) is 49.7 Å². The fourth-order valence-electron chi connectivity index (χ4n) is 3.71. The monoisotopic (exact) mass is 355 g/mol. The van der Waals surface area contributed by atoms with Crippen LogP contribution in [0.3, 0.4) is 0 Å². The maximum absolute atomic E-state index is 6.47. The molecule has 0 fully saturated rings. The van der Waals surface area contributed by atoms with Gasteiger partial charge in [-0.2, -0.15) is 5.10 Å². The van der Waals surface area contributed by atoms with E-state index in [9.17, 15) is 0 Å². The number of hydrogen-bond donors (Lipinski definition) is 1. The highest BCUT2D eigenvalue weighted by molar-refractivity contribution is 6.30. The summed E-state index contributed by atoms with van der Waals surface area (Å²) in [6, 6.07) is 10.9. The summed E-state index contributed by atoms with van der Waals surface area (Å²) in [4.78, 5) is 10.4. The Bertz CT molecular complexity index is 867. The molecule has 1 aromatic carbocycles. The van der Waals surface area contributed by atoms with Gasteiger partial charge in [0.05, 0.1) is 23.8 Å². The number of aromatic nitrogens is 4. The molecule has 0 radical (unpaired) electrons. The highest BCUT2D eigenvalue weighted by atomic mass is 35.5. The van der Waals surface area contributed by atoms with Crippen LogP contribution in [0.4, 0.5) is 0 Å². The number of H-pyrrole nitrogens is 1. The lowest BCUT2D eigenvalue weighted by Crippen LogP contribution is -2.36. The third-order valence-electron chi connectivity index (χ3n) is 5.06. The predicted octanol–water partition coefficient (Wildman–Crippen LogP) is 3.45. The molecular formula is C19H22ClN5. The fourth-order valence-corrected chi connectivity index (χ4v) is 3.95. The molecule has 0 amide bonds. The van der Waals surface area contributed by atoms with Gasteiger partial charge in [-0.05, 0) is 18.9 Å². The van der Waals surface area contributed by atoms with Crippen molar-refractivity contribution in [1.82, 2.24) is 24.6 Å². The number of aryl methyl sites for hydroxylation is 2. The largest absolute Gasteiger partial charge is 0.348 e. The van der Waals surface area contributed by atoms with E-state index in [4.69, 9.17) is 11.6 Å². The van der Waals surface area contributed by atoms with Gasteiger partial charge in [-0.3, -0.25) is 9.58 Å². The number of rotatable bonds is 4. The molecular weight excluding hydrogens is 334 g/mol. The molecule has 0 saturated carbocycles. The molecule has 1 unspecified atom stereocenters. The van der Waals surface area contributed by atoms with Crippen molar-refractivity contribution in [1.29, 1.82) is 0 Å². The first-order chi connectivity index (χ1) is 12.1. The third-order valence-corrected chi connectivity index (χ3v) is 5.53. The van der Waals surface area contributed by atoms with Crippen molar-refractivity contribution in [3.63, 3.8) is 0 Å². The third kappa shape index (κ3) is 3.10. The van der Waals surface area contributed by atoms with Crippen LogP contribution < -0.4 is 0 Å². The molecule has 25 heavy (non-hydrogen) atoms. The van der Waals surface area contributed by atoms with Gasteiger partial charge in [0, 0.05) is 37.8 Å². The van der Waals surface area contributed by atoms with Gasteiger partial charge >= 0.3 is 0 Å². The normalized spacial score (nSPS) is 17.6. The maximum Gasteiger partial charge on any atom is 0.131 e. The number of aromatic amines is 1. The second kappa shape index (κ2) is 6.65. The van der Waals surface area contributed by atoms with E-state index in [0.717, 1.165) is 48.0 Å². The summed E-state index contributed by atoms with van der Waals surface area (Å²) in [6.07, 6.45) is 3.74. The van der Waals surface area contributed by atoms with Crippen LogP contribution in [0.25, 0.3) is 0 Å². The number of fused-ring (bicyclic) bond motifs is 1. The summed E-state index contributed by atoms with van der Waals surface area (Å²) in [5.74, 6) is 0. The zero-order valence-electron chi connectivity index (χ0n) is 14.5. The van der Waals surface area contributed by atoms with Gasteiger partial charge in [0.15, 0.2) is 0 Å². The number of nitrogens with one attached hydrogen (secondary N) is 1. The summed E-state index contributed by atoms with van der Waals surface area (Å²) < 4.78 is 1.75. The Morgan fingerprint density at radius 1 is 1.28 bits per heavy atom. The summed E-state index contributed by atoms with van der Waals surface area (Å²) in [5.41, 5.74) is 5.85. The predicted molar refractivity (Wildman–Crippen MR) is 98.5 cm³/mol. The minimum absolute atomic E-state index is 0.244. The number of benzene rings is 1. The van der Waals surface area contributed by atoms with Crippen molar-refractivity contribution in [2.75, 3.05) is 6.54 Å². The molecule has 130 valence electrons. The molecule has 1 aliphatic heterocycles. The average molecular weight is 356 g/mol. The van der Waals surface area contributed by atoms with Crippen LogP contribution in [-0.4, -0.2) is 31.2 Å². The second-order valence-electron chi connectivity index (χ2n) is 6.67. The van der Waals surface area contributed by atoms with E-state index in [1.807, 2.05) is 20.3 Å². The highest BCUT2D eigenvalue weighted by Crippen LogP contribution is 2.33. The van der Waals surface area contributed by atoms with Crippen LogP contribution in [0.15, 0.2) is 36.7 Å². The molecule has 1 aliphatic rings. The van der Waals surface area contributed by atoms with Crippen LogP contribution in [0.1, 0.15) is 34.3 Å². The molecule has 2 aromatic heterocycles. The standard InChI is InChI=1S/C19H22ClN5/c1-13-15(19(20)24(2)23-13)11-25-9-8-16-18(22-12-21-16)17(25)10-14-6-4-3-5-7-14/h3-7,12,17H,8-11H2,1-2H3,(H,21,22). The smallest absolute Gasteiger partial charge is 0.131 e. The first kappa shape index (κ1) is 16.4. The fraction of sp³-hybridized carbons (Fsp3) is 0.368. The van der Waals surface area contributed by atoms with E-state index < -0.39 is 0 Å². The lowest BCUT2D eigenvalue weighted by atomic mass is 9.95. The van der Waals surface area contributed by atoms with Gasteiger partial charge in [0.2, 0.25) is 0 Å². The summed E-state index contributed by atoms with van der Waals surface area (Å²) in [6.45, 7) is 3.80. The number of nitrogens with zero attached hydrogens (tertiary/aromatic N) is 4. The quantitative estimate of drug-likeness (QED) is 0.779. The molecule has 4 rings (SSSR count). The van der Waals surface area contributed by atoms with Gasteiger partial charge in [-0.1, -0.05) is 41.9 Å². The maximum atomic E-state index is 6.47. The Morgan fingerprint density at radius 2 is 2.08 bits per heavy atom. The van der Waals surface area contributed by atoms with Crippen molar-refractivity contribution in [2.24, 2.45) is 7.05 Å². The molecule has 0 spiro atoms. The van der Waals surface area contributed by atoms with Gasteiger partial charge in [-0.25, -0.2) is 4.98 Å². The Hall–Kier alpha value is -2.11. The van der Waals surface area contributed by atoms with E-state index in [2.05, 4.69) is 50.3 Å². The van der Waals surface area contributed by atoms with E-state index in [1.165, 1.54) is 11.3 Å². The van der Waals surface area contributed by atoms with Crippen LogP contribution in [-0.2, 0) is 26.4 Å². The first-order valence-electron chi connectivity index (χ1n) is 8.61. The molecule has 0 aliphatic carbocycles. The molecule has 1 atom stereocenters. The Labute approximate surface area is 152 Å². The summed E-state index contributed by atoms with van der Waals surface area (Å²) >= 11 is 6.47. The number of imidazole rings is 1. The van der Waals surface area contributed by atoms with E-state index in [0.29, 0.717) is 0 Å². The molecule has 0 saturated heterocycles. The number of halogens is 1. The lowest BCUT2D eigenvalue weighted by molar-refractivity contribution is 0.170. The molecule has 3 heterocycles. The molecule has 0 bridgehead atoms. The van der Waals surface area contributed by atoms with E-state index >= 15 is 0 Å². The van der Waals surface area contributed by atoms with Gasteiger partial charge in [0.25, 0.3) is 0 Å². The second-order valence-corrected chi connectivity index (χ2v) is 7.03.